The number of phenolic OH excluding ortho intramolecular Hbond substituents is 1. The van der Waals surface area contributed by atoms with Gasteiger partial charge in [-0.25, -0.2) is 4.79 Å². The molecule has 2 atom stereocenters. The van der Waals surface area contributed by atoms with Crippen LogP contribution in [0, 0.1) is 3.57 Å². The molecule has 0 aromatic heterocycles. The van der Waals surface area contributed by atoms with Crippen molar-refractivity contribution in [3.8, 4) is 5.75 Å². The van der Waals surface area contributed by atoms with E-state index in [1.807, 2.05) is 52.9 Å². The van der Waals surface area contributed by atoms with Crippen molar-refractivity contribution in [1.29, 1.82) is 0 Å². The largest absolute Gasteiger partial charge is 0.507 e. The first-order valence-electron chi connectivity index (χ1n) is 8.96. The highest BCUT2D eigenvalue weighted by Crippen LogP contribution is 2.21. The number of carbonyl (C=O) groups is 3. The van der Waals surface area contributed by atoms with Gasteiger partial charge in [-0.15, -0.1) is 0 Å². The minimum Gasteiger partial charge on any atom is -0.507 e. The highest BCUT2D eigenvalue weighted by molar-refractivity contribution is 14.1. The Balaban J connectivity index is 2.15. The molecule has 0 bridgehead atoms. The van der Waals surface area contributed by atoms with Crippen LogP contribution in [0.2, 0.25) is 0 Å². The summed E-state index contributed by atoms with van der Waals surface area (Å²) in [4.78, 5) is 36.7. The van der Waals surface area contributed by atoms with Crippen molar-refractivity contribution in [2.75, 3.05) is 7.11 Å². The van der Waals surface area contributed by atoms with E-state index in [0.29, 0.717) is 3.57 Å². The van der Waals surface area contributed by atoms with Crippen LogP contribution >= 0.6 is 22.6 Å². The average Bonchev–Trinajstić information content (AvgIpc) is 2.70. The second-order valence-electron chi connectivity index (χ2n) is 6.54. The van der Waals surface area contributed by atoms with Crippen molar-refractivity contribution in [1.82, 2.24) is 10.6 Å². The molecule has 0 aliphatic heterocycles. The molecule has 2 rings (SSSR count). The molecular weight excluding hydrogens is 487 g/mol. The summed E-state index contributed by atoms with van der Waals surface area (Å²) in [5.41, 5.74) is 1.66. The fourth-order valence-corrected chi connectivity index (χ4v) is 3.32. The van der Waals surface area contributed by atoms with E-state index in [1.165, 1.54) is 14.0 Å². The van der Waals surface area contributed by atoms with Gasteiger partial charge in [0.2, 0.25) is 5.91 Å². The molecule has 29 heavy (non-hydrogen) atoms. The van der Waals surface area contributed by atoms with Gasteiger partial charge in [0, 0.05) is 6.42 Å². The maximum atomic E-state index is 12.9. The minimum absolute atomic E-state index is 0.156. The molecule has 0 spiro atoms. The van der Waals surface area contributed by atoms with Crippen molar-refractivity contribution < 1.29 is 24.2 Å². The summed E-state index contributed by atoms with van der Waals surface area (Å²) in [5, 5.41) is 14.9. The molecule has 0 heterocycles. The first kappa shape index (κ1) is 22.7. The van der Waals surface area contributed by atoms with Gasteiger partial charge in [-0.2, -0.15) is 0 Å². The van der Waals surface area contributed by atoms with Crippen molar-refractivity contribution in [2.45, 2.75) is 31.8 Å². The van der Waals surface area contributed by atoms with E-state index >= 15 is 0 Å². The molecule has 0 radical (unpaired) electrons. The summed E-state index contributed by atoms with van der Waals surface area (Å²) in [6.07, 6.45) is -0.203. The number of phenols is 1. The lowest BCUT2D eigenvalue weighted by Gasteiger charge is -2.22. The summed E-state index contributed by atoms with van der Waals surface area (Å²) in [6, 6.07) is 12.6. The number of ketones is 1. The molecule has 0 saturated heterocycles. The van der Waals surface area contributed by atoms with Crippen molar-refractivity contribution in [2.24, 2.45) is 0 Å². The van der Waals surface area contributed by atoms with Gasteiger partial charge in [-0.3, -0.25) is 9.59 Å². The number of alkyl carbamates (subject to hydrolysis) is 1. The Morgan fingerprint density at radius 2 is 1.66 bits per heavy atom. The molecule has 0 saturated carbocycles. The zero-order valence-electron chi connectivity index (χ0n) is 16.1. The molecule has 2 aromatic carbocycles. The Bertz CT molecular complexity index is 873. The molecule has 8 heteroatoms. The predicted octanol–water partition coefficient (Wildman–Crippen LogP) is 2.58. The van der Waals surface area contributed by atoms with E-state index in [4.69, 9.17) is 0 Å². The number of hydrogen-bond acceptors (Lipinski definition) is 5. The van der Waals surface area contributed by atoms with Crippen LogP contribution in [0.4, 0.5) is 4.79 Å². The van der Waals surface area contributed by atoms with Crippen LogP contribution < -0.4 is 10.6 Å². The van der Waals surface area contributed by atoms with Gasteiger partial charge >= 0.3 is 6.09 Å². The first-order chi connectivity index (χ1) is 13.8. The normalized spacial score (nSPS) is 12.5. The van der Waals surface area contributed by atoms with E-state index in [0.717, 1.165) is 11.1 Å². The van der Waals surface area contributed by atoms with Gasteiger partial charge in [0.25, 0.3) is 0 Å². The molecule has 0 fully saturated rings. The predicted molar refractivity (Wildman–Crippen MR) is 117 cm³/mol. The third kappa shape index (κ3) is 7.04. The molecule has 0 aliphatic carbocycles. The van der Waals surface area contributed by atoms with Crippen LogP contribution in [0.5, 0.6) is 5.75 Å². The SMILES string of the molecule is COC(=O)NC(Cc1ccccc1)C(=O)N[C@@H](Cc1ccc(O)c(I)c1)C(C)=O. The molecular formula is C21H23IN2O5. The maximum Gasteiger partial charge on any atom is 0.407 e. The monoisotopic (exact) mass is 510 g/mol. The first-order valence-corrected chi connectivity index (χ1v) is 10.0. The van der Waals surface area contributed by atoms with Crippen LogP contribution in [0.3, 0.4) is 0 Å². The molecule has 7 nitrogen and oxygen atoms in total. The van der Waals surface area contributed by atoms with Crippen LogP contribution in [-0.2, 0) is 27.2 Å². The zero-order valence-corrected chi connectivity index (χ0v) is 18.3. The number of carbonyl (C=O) groups excluding carboxylic acids is 3. The zero-order chi connectivity index (χ0) is 21.4. The summed E-state index contributed by atoms with van der Waals surface area (Å²) in [5.74, 6) is -0.533. The van der Waals surface area contributed by atoms with Crippen LogP contribution in [-0.4, -0.2) is 42.1 Å². The van der Waals surface area contributed by atoms with Crippen LogP contribution in [0.25, 0.3) is 0 Å². The lowest BCUT2D eigenvalue weighted by atomic mass is 10.0. The van der Waals surface area contributed by atoms with E-state index in [9.17, 15) is 19.5 Å². The summed E-state index contributed by atoms with van der Waals surface area (Å²) < 4.78 is 5.28. The molecule has 0 aliphatic rings. The maximum absolute atomic E-state index is 12.9. The Labute approximate surface area is 183 Å². The van der Waals surface area contributed by atoms with Gasteiger partial charge in [0.1, 0.15) is 11.8 Å². The van der Waals surface area contributed by atoms with Gasteiger partial charge < -0.3 is 20.5 Å². The number of Topliss-reactive ketones (excluding diaryl/α,β-unsaturated/α-hetero) is 1. The van der Waals surface area contributed by atoms with Gasteiger partial charge in [0.05, 0.1) is 16.7 Å². The molecule has 2 amide bonds. The smallest absolute Gasteiger partial charge is 0.407 e. The summed E-state index contributed by atoms with van der Waals surface area (Å²) in [7, 11) is 1.22. The Morgan fingerprint density at radius 1 is 1.00 bits per heavy atom. The standard InChI is InChI=1S/C21H23IN2O5/c1-13(25)17(12-15-8-9-19(26)16(22)10-15)23-20(27)18(24-21(28)29-2)11-14-6-4-3-5-7-14/h3-10,17-18,26H,11-12H2,1-2H3,(H,23,27)(H,24,28)/t17-,18?/m0/s1. The second kappa shape index (κ2) is 10.8. The van der Waals surface area contributed by atoms with Crippen LogP contribution in [0.1, 0.15) is 18.1 Å². The molecule has 3 N–H and O–H groups in total. The lowest BCUT2D eigenvalue weighted by Crippen LogP contribution is -2.52. The summed E-state index contributed by atoms with van der Waals surface area (Å²) >= 11 is 2.00. The fraction of sp³-hybridized carbons (Fsp3) is 0.286. The van der Waals surface area contributed by atoms with Crippen molar-refractivity contribution in [3.63, 3.8) is 0 Å². The van der Waals surface area contributed by atoms with E-state index in [-0.39, 0.29) is 24.4 Å². The van der Waals surface area contributed by atoms with E-state index in [2.05, 4.69) is 15.4 Å². The molecule has 2 aromatic rings. The number of methoxy groups -OCH3 is 1. The van der Waals surface area contributed by atoms with Crippen LogP contribution in [0.15, 0.2) is 48.5 Å². The number of ether oxygens (including phenoxy) is 1. The van der Waals surface area contributed by atoms with E-state index in [1.54, 1.807) is 18.2 Å². The third-order valence-corrected chi connectivity index (χ3v) is 5.20. The number of rotatable bonds is 8. The second-order valence-corrected chi connectivity index (χ2v) is 7.70. The third-order valence-electron chi connectivity index (χ3n) is 4.34. The number of hydrogen-bond donors (Lipinski definition) is 3. The molecule has 1 unspecified atom stereocenters. The molecule has 154 valence electrons. The number of amides is 2. The fourth-order valence-electron chi connectivity index (χ4n) is 2.74. The highest BCUT2D eigenvalue weighted by Gasteiger charge is 2.26. The highest BCUT2D eigenvalue weighted by atomic mass is 127. The van der Waals surface area contributed by atoms with E-state index < -0.39 is 24.1 Å². The quantitative estimate of drug-likeness (QED) is 0.474. The average molecular weight is 510 g/mol. The Kier molecular flexibility index (Phi) is 8.44. The Hall–Kier alpha value is -2.62. The van der Waals surface area contributed by atoms with Gasteiger partial charge in [-0.05, 0) is 59.2 Å². The lowest BCUT2D eigenvalue weighted by molar-refractivity contribution is -0.128. The van der Waals surface area contributed by atoms with Crippen molar-refractivity contribution in [3.05, 3.63) is 63.2 Å². The minimum atomic E-state index is -0.897. The number of nitrogens with one attached hydrogen (secondary N) is 2. The van der Waals surface area contributed by atoms with Crippen molar-refractivity contribution >= 4 is 40.4 Å². The topological polar surface area (TPSA) is 105 Å². The number of benzene rings is 2. The Morgan fingerprint density at radius 3 is 2.24 bits per heavy atom. The number of aromatic hydroxyl groups is 1. The van der Waals surface area contributed by atoms with Gasteiger partial charge in [0.15, 0.2) is 5.78 Å². The number of halogens is 1. The van der Waals surface area contributed by atoms with Gasteiger partial charge in [-0.1, -0.05) is 36.4 Å². The summed E-state index contributed by atoms with van der Waals surface area (Å²) in [6.45, 7) is 1.40.